The Morgan fingerprint density at radius 3 is 2.83 bits per heavy atom. The van der Waals surface area contributed by atoms with Crippen molar-refractivity contribution in [3.8, 4) is 0 Å². The van der Waals surface area contributed by atoms with Gasteiger partial charge in [0.25, 0.3) is 5.91 Å². The molecular formula is C19H26N2O3. The normalized spacial score (nSPS) is 23.5. The quantitative estimate of drug-likeness (QED) is 0.661. The van der Waals surface area contributed by atoms with Gasteiger partial charge in [0.1, 0.15) is 0 Å². The number of rotatable bonds is 3. The second-order valence-corrected chi connectivity index (χ2v) is 7.63. The molecule has 1 fully saturated rings. The molecule has 5 nitrogen and oxygen atoms in total. The Morgan fingerprint density at radius 2 is 2.12 bits per heavy atom. The van der Waals surface area contributed by atoms with Crippen LogP contribution in [0.3, 0.4) is 0 Å². The van der Waals surface area contributed by atoms with Crippen LogP contribution in [0.25, 0.3) is 0 Å². The minimum Gasteiger partial charge on any atom is -0.342 e. The summed E-state index contributed by atoms with van der Waals surface area (Å²) in [6.07, 6.45) is 4.44. The van der Waals surface area contributed by atoms with Crippen LogP contribution in [0, 0.1) is 11.3 Å². The fourth-order valence-corrected chi connectivity index (χ4v) is 4.23. The number of hydrogen-bond donors (Lipinski definition) is 2. The van der Waals surface area contributed by atoms with Crippen LogP contribution in [0.4, 0.5) is 0 Å². The van der Waals surface area contributed by atoms with Gasteiger partial charge in [0.15, 0.2) is 0 Å². The van der Waals surface area contributed by atoms with Gasteiger partial charge in [-0.25, -0.2) is 5.48 Å². The highest BCUT2D eigenvalue weighted by Gasteiger charge is 2.45. The molecule has 1 spiro atoms. The van der Waals surface area contributed by atoms with E-state index in [1.807, 2.05) is 17.0 Å². The Kier molecular flexibility index (Phi) is 4.63. The van der Waals surface area contributed by atoms with Crippen molar-refractivity contribution in [2.45, 2.75) is 46.0 Å². The maximum absolute atomic E-state index is 13.1. The molecule has 24 heavy (non-hydrogen) atoms. The number of benzene rings is 1. The summed E-state index contributed by atoms with van der Waals surface area (Å²) in [5.74, 6) is 0.305. The maximum atomic E-state index is 13.1. The minimum atomic E-state index is -0.491. The van der Waals surface area contributed by atoms with Crippen molar-refractivity contribution < 1.29 is 14.8 Å². The van der Waals surface area contributed by atoms with Crippen LogP contribution in [0.5, 0.6) is 0 Å². The van der Waals surface area contributed by atoms with Crippen molar-refractivity contribution in [1.82, 2.24) is 10.4 Å². The van der Waals surface area contributed by atoms with E-state index in [0.717, 1.165) is 56.3 Å². The number of carbonyl (C=O) groups is 2. The Morgan fingerprint density at radius 1 is 1.33 bits per heavy atom. The van der Waals surface area contributed by atoms with Crippen molar-refractivity contribution in [2.24, 2.45) is 11.3 Å². The first-order valence-electron chi connectivity index (χ1n) is 8.81. The van der Waals surface area contributed by atoms with Crippen LogP contribution >= 0.6 is 0 Å². The van der Waals surface area contributed by atoms with Crippen LogP contribution in [0.15, 0.2) is 18.2 Å². The summed E-state index contributed by atoms with van der Waals surface area (Å²) >= 11 is 0. The first-order valence-corrected chi connectivity index (χ1v) is 8.81. The molecule has 2 amide bonds. The summed E-state index contributed by atoms with van der Waals surface area (Å²) in [5.41, 5.74) is 4.16. The molecule has 0 bridgehead atoms. The molecule has 1 aromatic rings. The number of amides is 2. The number of carbonyl (C=O) groups excluding carboxylic acids is 2. The number of hydrogen-bond acceptors (Lipinski definition) is 3. The zero-order valence-corrected chi connectivity index (χ0v) is 14.5. The number of likely N-dealkylation sites (tertiary alicyclic amines) is 1. The molecule has 130 valence electrons. The van der Waals surface area contributed by atoms with Gasteiger partial charge >= 0.3 is 0 Å². The van der Waals surface area contributed by atoms with E-state index in [-0.39, 0.29) is 5.41 Å². The van der Waals surface area contributed by atoms with E-state index in [1.165, 1.54) is 0 Å². The van der Waals surface area contributed by atoms with Crippen molar-refractivity contribution in [2.75, 3.05) is 13.1 Å². The van der Waals surface area contributed by atoms with Gasteiger partial charge in [-0.15, -0.1) is 0 Å². The lowest BCUT2D eigenvalue weighted by molar-refractivity contribution is -0.148. The summed E-state index contributed by atoms with van der Waals surface area (Å²) < 4.78 is 0. The summed E-state index contributed by atoms with van der Waals surface area (Å²) in [7, 11) is 0. The van der Waals surface area contributed by atoms with E-state index >= 15 is 0 Å². The van der Waals surface area contributed by atoms with E-state index in [1.54, 1.807) is 11.5 Å². The van der Waals surface area contributed by atoms with Gasteiger partial charge < -0.3 is 4.90 Å². The summed E-state index contributed by atoms with van der Waals surface area (Å²) in [6.45, 7) is 6.02. The second-order valence-electron chi connectivity index (χ2n) is 7.63. The molecule has 0 aromatic heterocycles. The molecule has 1 aromatic carbocycles. The fraction of sp³-hybridized carbons (Fsp3) is 0.579. The first-order chi connectivity index (χ1) is 11.4. The maximum Gasteiger partial charge on any atom is 0.274 e. The van der Waals surface area contributed by atoms with Gasteiger partial charge in [0.05, 0.1) is 5.41 Å². The first kappa shape index (κ1) is 17.0. The zero-order valence-electron chi connectivity index (χ0n) is 14.5. The number of nitrogens with one attached hydrogen (secondary N) is 1. The molecule has 0 saturated carbocycles. The number of aryl methyl sites for hydroxylation is 1. The second kappa shape index (κ2) is 6.55. The summed E-state index contributed by atoms with van der Waals surface area (Å²) in [5, 5.41) is 8.78. The Hall–Kier alpha value is -1.88. The van der Waals surface area contributed by atoms with Crippen molar-refractivity contribution in [3.63, 3.8) is 0 Å². The Bertz CT molecular complexity index is 656. The van der Waals surface area contributed by atoms with E-state index in [2.05, 4.69) is 13.8 Å². The van der Waals surface area contributed by atoms with Crippen LogP contribution in [0.2, 0.25) is 0 Å². The van der Waals surface area contributed by atoms with Crippen LogP contribution in [-0.2, 0) is 17.6 Å². The molecule has 2 N–H and O–H groups in total. The van der Waals surface area contributed by atoms with Crippen LogP contribution in [0.1, 0.15) is 54.6 Å². The molecule has 0 radical (unpaired) electrons. The molecule has 5 heteroatoms. The molecule has 1 aliphatic heterocycles. The SMILES string of the molecule is CC(C)CN1CCCC2(CCc3cc(C(=O)NO)ccc3C2)C1=O. The summed E-state index contributed by atoms with van der Waals surface area (Å²) in [6, 6.07) is 5.50. The highest BCUT2D eigenvalue weighted by atomic mass is 16.5. The van der Waals surface area contributed by atoms with Gasteiger partial charge in [0.2, 0.25) is 5.91 Å². The lowest BCUT2D eigenvalue weighted by Gasteiger charge is -2.45. The van der Waals surface area contributed by atoms with Gasteiger partial charge in [-0.05, 0) is 61.3 Å². The average Bonchev–Trinajstić information content (AvgIpc) is 2.57. The minimum absolute atomic E-state index is 0.263. The van der Waals surface area contributed by atoms with Crippen LogP contribution in [-0.4, -0.2) is 35.0 Å². The number of piperidine rings is 1. The number of fused-ring (bicyclic) bond motifs is 1. The third-order valence-electron chi connectivity index (χ3n) is 5.38. The molecule has 1 unspecified atom stereocenters. The molecule has 1 saturated heterocycles. The molecule has 1 heterocycles. The predicted molar refractivity (Wildman–Crippen MR) is 90.8 cm³/mol. The molecule has 1 aliphatic carbocycles. The molecule has 2 aliphatic rings. The lowest BCUT2D eigenvalue weighted by atomic mass is 9.66. The van der Waals surface area contributed by atoms with Crippen molar-refractivity contribution in [1.29, 1.82) is 0 Å². The third-order valence-corrected chi connectivity index (χ3v) is 5.38. The number of nitrogens with zero attached hydrogens (tertiary/aromatic N) is 1. The Balaban J connectivity index is 1.83. The standard InChI is InChI=1S/C19H26N2O3/c1-13(2)12-21-9-3-7-19(18(21)23)8-6-14-10-15(17(22)20-24)4-5-16(14)11-19/h4-5,10,13,24H,3,6-9,11-12H2,1-2H3,(H,20,22). The smallest absolute Gasteiger partial charge is 0.274 e. The zero-order chi connectivity index (χ0) is 17.3. The largest absolute Gasteiger partial charge is 0.342 e. The highest BCUT2D eigenvalue weighted by molar-refractivity contribution is 5.93. The van der Waals surface area contributed by atoms with Gasteiger partial charge in [0, 0.05) is 18.7 Å². The van der Waals surface area contributed by atoms with Gasteiger partial charge in [-0.1, -0.05) is 19.9 Å². The number of hydroxylamine groups is 1. The fourth-order valence-electron chi connectivity index (χ4n) is 4.23. The topological polar surface area (TPSA) is 69.6 Å². The molecular weight excluding hydrogens is 304 g/mol. The van der Waals surface area contributed by atoms with E-state index in [4.69, 9.17) is 5.21 Å². The van der Waals surface area contributed by atoms with E-state index in [0.29, 0.717) is 17.4 Å². The van der Waals surface area contributed by atoms with E-state index in [9.17, 15) is 9.59 Å². The van der Waals surface area contributed by atoms with E-state index < -0.39 is 5.91 Å². The molecule has 1 atom stereocenters. The summed E-state index contributed by atoms with van der Waals surface area (Å²) in [4.78, 5) is 26.7. The monoisotopic (exact) mass is 330 g/mol. The Labute approximate surface area is 143 Å². The highest BCUT2D eigenvalue weighted by Crippen LogP contribution is 2.43. The van der Waals surface area contributed by atoms with Crippen LogP contribution < -0.4 is 5.48 Å². The average molecular weight is 330 g/mol. The van der Waals surface area contributed by atoms with Gasteiger partial charge in [-0.2, -0.15) is 0 Å². The molecule has 3 rings (SSSR count). The lowest BCUT2D eigenvalue weighted by Crippen LogP contribution is -2.52. The van der Waals surface area contributed by atoms with Crippen molar-refractivity contribution >= 4 is 11.8 Å². The predicted octanol–water partition coefficient (Wildman–Crippen LogP) is 2.56. The van der Waals surface area contributed by atoms with Gasteiger partial charge in [-0.3, -0.25) is 14.8 Å². The van der Waals surface area contributed by atoms with Crippen molar-refractivity contribution in [3.05, 3.63) is 34.9 Å². The third kappa shape index (κ3) is 3.05.